The number of tetrazole rings is 1. The lowest BCUT2D eigenvalue weighted by molar-refractivity contribution is -0.139. The predicted molar refractivity (Wildman–Crippen MR) is 139 cm³/mol. The van der Waals surface area contributed by atoms with Crippen LogP contribution in [0, 0.1) is 0 Å². The van der Waals surface area contributed by atoms with Crippen LogP contribution >= 0.6 is 12.4 Å². The zero-order chi connectivity index (χ0) is 24.9. The summed E-state index contributed by atoms with van der Waals surface area (Å²) < 4.78 is 11.4. The summed E-state index contributed by atoms with van der Waals surface area (Å²) in [6.45, 7) is 1.86. The molecule has 0 bridgehead atoms. The van der Waals surface area contributed by atoms with Gasteiger partial charge in [0.2, 0.25) is 11.7 Å². The molecule has 5 rings (SSSR count). The number of aryl methyl sites for hydroxylation is 1. The highest BCUT2D eigenvalue weighted by Crippen LogP contribution is 2.31. The van der Waals surface area contributed by atoms with E-state index in [1.165, 1.54) is 0 Å². The normalized spacial score (nSPS) is 10.6. The number of carboxylic acid groups (broad SMARTS) is 1. The number of carboxylic acids is 1. The number of aliphatic carboxylic acids is 1. The molecule has 2 aromatic carbocycles. The summed E-state index contributed by atoms with van der Waals surface area (Å²) in [5.41, 5.74) is 5.91. The van der Waals surface area contributed by atoms with Gasteiger partial charge in [0.1, 0.15) is 17.9 Å². The van der Waals surface area contributed by atoms with Gasteiger partial charge in [-0.15, -0.1) is 22.6 Å². The standard InChI is InChI=1S/C26H22N6O4.ClH/c1-2-18-13-22(25-21(27-18)11-12-23(28-25)36-15-24(33)34)35-14-16-7-9-17(10-8-16)19-5-3-4-6-20(19)26-29-31-32-30-26;/h3-13H,2,14-15H2,1H3,(H,33,34)(H,29,30,31,32);1H. The fourth-order valence-electron chi connectivity index (χ4n) is 3.77. The molecule has 0 aliphatic heterocycles. The Labute approximate surface area is 218 Å². The van der Waals surface area contributed by atoms with E-state index in [2.05, 4.69) is 30.6 Å². The van der Waals surface area contributed by atoms with Crippen LogP contribution in [0.4, 0.5) is 0 Å². The second-order valence-corrected chi connectivity index (χ2v) is 7.93. The highest BCUT2D eigenvalue weighted by Gasteiger charge is 2.13. The largest absolute Gasteiger partial charge is 0.486 e. The first-order chi connectivity index (χ1) is 17.6. The molecule has 0 fully saturated rings. The highest BCUT2D eigenvalue weighted by atomic mass is 35.5. The van der Waals surface area contributed by atoms with Crippen molar-refractivity contribution in [3.63, 3.8) is 0 Å². The van der Waals surface area contributed by atoms with Gasteiger partial charge in [0.05, 0.1) is 5.52 Å². The van der Waals surface area contributed by atoms with Gasteiger partial charge in [-0.05, 0) is 34.4 Å². The molecule has 0 aliphatic rings. The quantitative estimate of drug-likeness (QED) is 0.289. The third kappa shape index (κ3) is 5.81. The topological polar surface area (TPSA) is 136 Å². The van der Waals surface area contributed by atoms with E-state index in [-0.39, 0.29) is 18.3 Å². The van der Waals surface area contributed by atoms with Crippen molar-refractivity contribution in [2.75, 3.05) is 6.61 Å². The van der Waals surface area contributed by atoms with E-state index in [9.17, 15) is 4.79 Å². The van der Waals surface area contributed by atoms with Crippen LogP contribution in [0.3, 0.4) is 0 Å². The lowest BCUT2D eigenvalue weighted by Gasteiger charge is -2.12. The molecule has 5 aromatic rings. The number of aromatic amines is 1. The summed E-state index contributed by atoms with van der Waals surface area (Å²) in [7, 11) is 0. The SMILES string of the molecule is CCc1cc(OCc2ccc(-c3ccccc3-c3nn[nH]n3)cc2)c2nc(OCC(=O)O)ccc2n1.Cl. The molecule has 0 amide bonds. The van der Waals surface area contributed by atoms with Gasteiger partial charge in [-0.2, -0.15) is 5.21 Å². The van der Waals surface area contributed by atoms with E-state index in [0.29, 0.717) is 29.2 Å². The Hall–Kier alpha value is -4.57. The molecular weight excluding hydrogens is 496 g/mol. The van der Waals surface area contributed by atoms with Gasteiger partial charge < -0.3 is 14.6 Å². The number of halogens is 1. The van der Waals surface area contributed by atoms with Crippen molar-refractivity contribution in [2.24, 2.45) is 0 Å². The molecule has 11 heteroatoms. The fourth-order valence-corrected chi connectivity index (χ4v) is 3.77. The zero-order valence-corrected chi connectivity index (χ0v) is 20.6. The third-order valence-corrected chi connectivity index (χ3v) is 5.52. The Morgan fingerprint density at radius 3 is 2.46 bits per heavy atom. The van der Waals surface area contributed by atoms with Crippen molar-refractivity contribution in [2.45, 2.75) is 20.0 Å². The van der Waals surface area contributed by atoms with Gasteiger partial charge >= 0.3 is 5.97 Å². The van der Waals surface area contributed by atoms with Crippen molar-refractivity contribution in [1.29, 1.82) is 0 Å². The molecule has 10 nitrogen and oxygen atoms in total. The van der Waals surface area contributed by atoms with Gasteiger partial charge in [0.25, 0.3) is 0 Å². The molecule has 188 valence electrons. The minimum atomic E-state index is -1.07. The Morgan fingerprint density at radius 1 is 0.973 bits per heavy atom. The average Bonchev–Trinajstić information content (AvgIpc) is 3.45. The van der Waals surface area contributed by atoms with Gasteiger partial charge in [0, 0.05) is 23.4 Å². The minimum Gasteiger partial charge on any atom is -0.486 e. The predicted octanol–water partition coefficient (Wildman–Crippen LogP) is 4.50. The summed E-state index contributed by atoms with van der Waals surface area (Å²) in [5.74, 6) is 0.222. The molecular formula is C26H23ClN6O4. The molecule has 0 spiro atoms. The number of nitrogens with one attached hydrogen (secondary N) is 1. The summed E-state index contributed by atoms with van der Waals surface area (Å²) in [6.07, 6.45) is 0.734. The molecule has 0 saturated carbocycles. The van der Waals surface area contributed by atoms with E-state index in [0.717, 1.165) is 34.4 Å². The first-order valence-electron chi connectivity index (χ1n) is 11.3. The van der Waals surface area contributed by atoms with Crippen LogP contribution < -0.4 is 9.47 Å². The fraction of sp³-hybridized carbons (Fsp3) is 0.154. The number of hydrogen-bond donors (Lipinski definition) is 2. The number of hydrogen-bond acceptors (Lipinski definition) is 8. The van der Waals surface area contributed by atoms with Crippen molar-refractivity contribution >= 4 is 29.4 Å². The van der Waals surface area contributed by atoms with Crippen LogP contribution in [0.5, 0.6) is 11.6 Å². The van der Waals surface area contributed by atoms with Crippen LogP contribution in [-0.4, -0.2) is 48.3 Å². The summed E-state index contributed by atoms with van der Waals surface area (Å²) in [6, 6.07) is 21.1. The highest BCUT2D eigenvalue weighted by molar-refractivity contribution is 5.85. The van der Waals surface area contributed by atoms with Crippen LogP contribution in [-0.2, 0) is 17.8 Å². The molecule has 0 radical (unpaired) electrons. The maximum absolute atomic E-state index is 10.8. The second-order valence-electron chi connectivity index (χ2n) is 7.93. The van der Waals surface area contributed by atoms with Crippen molar-refractivity contribution < 1.29 is 19.4 Å². The smallest absolute Gasteiger partial charge is 0.341 e. The number of rotatable bonds is 9. The second kappa shape index (κ2) is 11.4. The number of ether oxygens (including phenoxy) is 2. The van der Waals surface area contributed by atoms with E-state index in [1.807, 2.05) is 61.5 Å². The Kier molecular flexibility index (Phi) is 7.89. The van der Waals surface area contributed by atoms with Crippen molar-refractivity contribution in [3.8, 4) is 34.1 Å². The number of fused-ring (bicyclic) bond motifs is 1. The monoisotopic (exact) mass is 518 g/mol. The number of nitrogens with zero attached hydrogens (tertiary/aromatic N) is 5. The molecule has 2 N–H and O–H groups in total. The van der Waals surface area contributed by atoms with Crippen molar-refractivity contribution in [1.82, 2.24) is 30.6 Å². The van der Waals surface area contributed by atoms with Crippen LogP contribution in [0.2, 0.25) is 0 Å². The average molecular weight is 519 g/mol. The lowest BCUT2D eigenvalue weighted by atomic mass is 9.98. The zero-order valence-electron chi connectivity index (χ0n) is 19.8. The number of aromatic nitrogens is 6. The van der Waals surface area contributed by atoms with E-state index in [4.69, 9.17) is 14.6 Å². The first-order valence-corrected chi connectivity index (χ1v) is 11.3. The Balaban J connectivity index is 0.00000320. The maximum atomic E-state index is 10.8. The lowest BCUT2D eigenvalue weighted by Crippen LogP contribution is -2.10. The van der Waals surface area contributed by atoms with E-state index < -0.39 is 12.6 Å². The van der Waals surface area contributed by atoms with Gasteiger partial charge in [-0.3, -0.25) is 4.98 Å². The Morgan fingerprint density at radius 2 is 1.76 bits per heavy atom. The molecule has 3 aromatic heterocycles. The summed E-state index contributed by atoms with van der Waals surface area (Å²) >= 11 is 0. The molecule has 0 aliphatic carbocycles. The van der Waals surface area contributed by atoms with Gasteiger partial charge in [0.15, 0.2) is 6.61 Å². The van der Waals surface area contributed by atoms with E-state index in [1.54, 1.807) is 12.1 Å². The number of pyridine rings is 2. The molecule has 3 heterocycles. The maximum Gasteiger partial charge on any atom is 0.341 e. The number of H-pyrrole nitrogens is 1. The van der Waals surface area contributed by atoms with Gasteiger partial charge in [-0.25, -0.2) is 9.78 Å². The van der Waals surface area contributed by atoms with Crippen LogP contribution in [0.15, 0.2) is 66.7 Å². The Bertz CT molecular complexity index is 1510. The molecule has 0 atom stereocenters. The number of carbonyl (C=O) groups is 1. The summed E-state index contributed by atoms with van der Waals surface area (Å²) in [5, 5.41) is 23.2. The van der Waals surface area contributed by atoms with E-state index >= 15 is 0 Å². The van der Waals surface area contributed by atoms with Crippen LogP contribution in [0.1, 0.15) is 18.2 Å². The summed E-state index contributed by atoms with van der Waals surface area (Å²) in [4.78, 5) is 19.9. The molecule has 0 unspecified atom stereocenters. The number of benzene rings is 2. The van der Waals surface area contributed by atoms with Crippen LogP contribution in [0.25, 0.3) is 33.5 Å². The molecule has 37 heavy (non-hydrogen) atoms. The third-order valence-electron chi connectivity index (χ3n) is 5.52. The minimum absolute atomic E-state index is 0. The van der Waals surface area contributed by atoms with Crippen molar-refractivity contribution in [3.05, 3.63) is 78.0 Å². The van der Waals surface area contributed by atoms with Gasteiger partial charge in [-0.1, -0.05) is 55.5 Å². The first kappa shape index (κ1) is 25.5. The molecule has 0 saturated heterocycles.